The lowest BCUT2D eigenvalue weighted by molar-refractivity contribution is -0.384. The molecule has 0 fully saturated rings. The van der Waals surface area contributed by atoms with E-state index in [1.807, 2.05) is 6.92 Å². The normalized spacial score (nSPS) is 11.1. The quantitative estimate of drug-likeness (QED) is 0.353. The minimum Gasteiger partial charge on any atom is -0.449 e. The van der Waals surface area contributed by atoms with Crippen LogP contribution < -0.4 is 0 Å². The summed E-state index contributed by atoms with van der Waals surface area (Å²) in [5.41, 5.74) is 0.676. The highest BCUT2D eigenvalue weighted by molar-refractivity contribution is 5.73. The second kappa shape index (κ2) is 7.17. The van der Waals surface area contributed by atoms with E-state index in [1.54, 1.807) is 19.1 Å². The Labute approximate surface area is 111 Å². The minimum absolute atomic E-state index is 0.000372. The molecule has 0 aromatic heterocycles. The summed E-state index contributed by atoms with van der Waals surface area (Å²) in [6.45, 7) is 3.57. The maximum Gasteiger partial charge on any atom is 0.311 e. The van der Waals surface area contributed by atoms with E-state index in [9.17, 15) is 14.9 Å². The second-order valence-electron chi connectivity index (χ2n) is 3.88. The number of esters is 1. The third-order valence-corrected chi connectivity index (χ3v) is 2.45. The number of benzene rings is 1. The lowest BCUT2D eigenvalue weighted by atomic mass is 10.1. The number of hydrogen-bond donors (Lipinski definition) is 0. The van der Waals surface area contributed by atoms with Crippen LogP contribution >= 0.6 is 0 Å². The molecular formula is C14H15NO4. The Hall–Kier alpha value is -2.35. The monoisotopic (exact) mass is 261 g/mol. The van der Waals surface area contributed by atoms with E-state index in [0.717, 1.165) is 0 Å². The molecule has 1 aromatic carbocycles. The predicted octanol–water partition coefficient (Wildman–Crippen LogP) is 2.48. The number of carbonyl (C=O) groups excluding carboxylic acids is 1. The second-order valence-corrected chi connectivity index (χ2v) is 3.88. The summed E-state index contributed by atoms with van der Waals surface area (Å²) in [6, 6.07) is 5.83. The molecule has 0 aliphatic heterocycles. The van der Waals surface area contributed by atoms with Crippen molar-refractivity contribution < 1.29 is 14.5 Å². The van der Waals surface area contributed by atoms with Crippen molar-refractivity contribution >= 4 is 11.7 Å². The standard InChI is InChI=1S/C14H15NO4/c1-3-5-13(4-2)19-14(16)10-11-6-8-12(9-7-11)15(17)18/h6-9,13H,4,10H2,1-2H3. The maximum atomic E-state index is 11.7. The molecule has 0 aliphatic rings. The van der Waals surface area contributed by atoms with Gasteiger partial charge in [0.2, 0.25) is 0 Å². The van der Waals surface area contributed by atoms with Gasteiger partial charge in [-0.25, -0.2) is 0 Å². The number of rotatable bonds is 5. The Morgan fingerprint density at radius 2 is 2.05 bits per heavy atom. The van der Waals surface area contributed by atoms with Crippen molar-refractivity contribution in [3.05, 3.63) is 39.9 Å². The Bertz CT molecular complexity index is 510. The zero-order valence-corrected chi connectivity index (χ0v) is 10.9. The summed E-state index contributed by atoms with van der Waals surface area (Å²) < 4.78 is 5.18. The van der Waals surface area contributed by atoms with Crippen molar-refractivity contribution in [3.8, 4) is 11.8 Å². The van der Waals surface area contributed by atoms with Crippen LogP contribution in [0.3, 0.4) is 0 Å². The van der Waals surface area contributed by atoms with Crippen LogP contribution in [0.1, 0.15) is 25.8 Å². The van der Waals surface area contributed by atoms with Crippen molar-refractivity contribution in [2.45, 2.75) is 32.8 Å². The Kier molecular flexibility index (Phi) is 5.55. The van der Waals surface area contributed by atoms with Gasteiger partial charge in [-0.3, -0.25) is 14.9 Å². The van der Waals surface area contributed by atoms with Gasteiger partial charge in [0, 0.05) is 12.1 Å². The smallest absolute Gasteiger partial charge is 0.311 e. The van der Waals surface area contributed by atoms with Crippen LogP contribution in [0.5, 0.6) is 0 Å². The molecule has 0 aliphatic carbocycles. The fourth-order valence-electron chi connectivity index (χ4n) is 1.48. The van der Waals surface area contributed by atoms with Crippen molar-refractivity contribution in [1.29, 1.82) is 0 Å². The fourth-order valence-corrected chi connectivity index (χ4v) is 1.48. The SMILES string of the molecule is CC#CC(CC)OC(=O)Cc1ccc([N+](=O)[O-])cc1. The largest absolute Gasteiger partial charge is 0.449 e. The predicted molar refractivity (Wildman–Crippen MR) is 70.4 cm³/mol. The molecule has 0 heterocycles. The van der Waals surface area contributed by atoms with Crippen LogP contribution in [0.15, 0.2) is 24.3 Å². The van der Waals surface area contributed by atoms with Crippen molar-refractivity contribution in [3.63, 3.8) is 0 Å². The summed E-state index contributed by atoms with van der Waals surface area (Å²) in [5, 5.41) is 10.5. The highest BCUT2D eigenvalue weighted by atomic mass is 16.6. The van der Waals surface area contributed by atoms with Gasteiger partial charge in [0.05, 0.1) is 11.3 Å². The van der Waals surface area contributed by atoms with Gasteiger partial charge >= 0.3 is 5.97 Å². The van der Waals surface area contributed by atoms with Gasteiger partial charge in [-0.05, 0) is 18.9 Å². The molecular weight excluding hydrogens is 246 g/mol. The molecule has 0 amide bonds. The first-order valence-corrected chi connectivity index (χ1v) is 5.92. The zero-order chi connectivity index (χ0) is 14.3. The molecule has 0 bridgehead atoms. The molecule has 1 atom stereocenters. The van der Waals surface area contributed by atoms with Gasteiger partial charge < -0.3 is 4.74 Å². The van der Waals surface area contributed by atoms with E-state index in [0.29, 0.717) is 12.0 Å². The van der Waals surface area contributed by atoms with Crippen LogP contribution in [0.2, 0.25) is 0 Å². The third kappa shape index (κ3) is 4.80. The molecule has 0 saturated carbocycles. The Balaban J connectivity index is 2.60. The van der Waals surface area contributed by atoms with Gasteiger partial charge in [-0.2, -0.15) is 0 Å². The average Bonchev–Trinajstić information content (AvgIpc) is 2.38. The van der Waals surface area contributed by atoms with Crippen LogP contribution in [0, 0.1) is 22.0 Å². The molecule has 5 heteroatoms. The van der Waals surface area contributed by atoms with E-state index in [1.165, 1.54) is 12.1 Å². The van der Waals surface area contributed by atoms with Gasteiger partial charge in [0.25, 0.3) is 5.69 Å². The molecule has 0 spiro atoms. The van der Waals surface area contributed by atoms with E-state index in [4.69, 9.17) is 4.74 Å². The molecule has 19 heavy (non-hydrogen) atoms. The van der Waals surface area contributed by atoms with E-state index in [-0.39, 0.29) is 18.1 Å². The Morgan fingerprint density at radius 1 is 1.42 bits per heavy atom. The topological polar surface area (TPSA) is 69.4 Å². The lowest BCUT2D eigenvalue weighted by Gasteiger charge is -2.10. The molecule has 5 nitrogen and oxygen atoms in total. The fraction of sp³-hybridized carbons (Fsp3) is 0.357. The lowest BCUT2D eigenvalue weighted by Crippen LogP contribution is -2.17. The molecule has 0 saturated heterocycles. The van der Waals surface area contributed by atoms with Crippen molar-refractivity contribution in [1.82, 2.24) is 0 Å². The number of carbonyl (C=O) groups is 1. The molecule has 0 N–H and O–H groups in total. The van der Waals surface area contributed by atoms with Crippen LogP contribution in [0.25, 0.3) is 0 Å². The first-order valence-electron chi connectivity index (χ1n) is 5.92. The first kappa shape index (κ1) is 14.7. The molecule has 100 valence electrons. The summed E-state index contributed by atoms with van der Waals surface area (Å²) in [5.74, 6) is 5.11. The van der Waals surface area contributed by atoms with Crippen LogP contribution in [-0.2, 0) is 16.0 Å². The number of nitrogens with zero attached hydrogens (tertiary/aromatic N) is 1. The first-order chi connectivity index (χ1) is 9.06. The number of hydrogen-bond acceptors (Lipinski definition) is 4. The summed E-state index contributed by atoms with van der Waals surface area (Å²) >= 11 is 0. The Morgan fingerprint density at radius 3 is 2.53 bits per heavy atom. The summed E-state index contributed by atoms with van der Waals surface area (Å²) in [7, 11) is 0. The summed E-state index contributed by atoms with van der Waals surface area (Å²) in [6.07, 6.45) is 0.322. The number of nitro benzene ring substituents is 1. The third-order valence-electron chi connectivity index (χ3n) is 2.45. The van der Waals surface area contributed by atoms with Gasteiger partial charge in [-0.15, -0.1) is 5.92 Å². The average molecular weight is 261 g/mol. The van der Waals surface area contributed by atoms with Gasteiger partial charge in [0.15, 0.2) is 6.10 Å². The molecule has 1 unspecified atom stereocenters. The molecule has 1 rings (SSSR count). The van der Waals surface area contributed by atoms with Crippen molar-refractivity contribution in [2.24, 2.45) is 0 Å². The highest BCUT2D eigenvalue weighted by Gasteiger charge is 2.11. The van der Waals surface area contributed by atoms with Crippen molar-refractivity contribution in [2.75, 3.05) is 0 Å². The minimum atomic E-state index is -0.480. The van der Waals surface area contributed by atoms with Gasteiger partial charge in [0.1, 0.15) is 0 Å². The number of nitro groups is 1. The van der Waals surface area contributed by atoms with Gasteiger partial charge in [-0.1, -0.05) is 25.0 Å². The van der Waals surface area contributed by atoms with E-state index in [2.05, 4.69) is 11.8 Å². The van der Waals surface area contributed by atoms with E-state index < -0.39 is 11.0 Å². The van der Waals surface area contributed by atoms with Crippen LogP contribution in [-0.4, -0.2) is 17.0 Å². The number of ether oxygens (including phenoxy) is 1. The molecule has 1 aromatic rings. The molecule has 0 radical (unpaired) electrons. The zero-order valence-electron chi connectivity index (χ0n) is 10.9. The highest BCUT2D eigenvalue weighted by Crippen LogP contribution is 2.13. The van der Waals surface area contributed by atoms with Crippen LogP contribution in [0.4, 0.5) is 5.69 Å². The summed E-state index contributed by atoms with van der Waals surface area (Å²) in [4.78, 5) is 21.7. The maximum absolute atomic E-state index is 11.7. The van der Waals surface area contributed by atoms with E-state index >= 15 is 0 Å². The number of non-ortho nitro benzene ring substituents is 1.